The number of nitro groups is 1. The number of amides is 1. The van der Waals surface area contributed by atoms with Crippen LogP contribution < -0.4 is 10.5 Å². The van der Waals surface area contributed by atoms with E-state index >= 15 is 0 Å². The maximum atomic E-state index is 13.0. The van der Waals surface area contributed by atoms with Crippen molar-refractivity contribution in [2.75, 3.05) is 26.7 Å². The second kappa shape index (κ2) is 8.83. The van der Waals surface area contributed by atoms with Crippen LogP contribution >= 0.6 is 12.4 Å². The van der Waals surface area contributed by atoms with Crippen LogP contribution in [0.4, 0.5) is 5.69 Å². The highest BCUT2D eigenvalue weighted by atomic mass is 35.5. The lowest BCUT2D eigenvalue weighted by Crippen LogP contribution is -2.30. The number of hydrogen-bond donors (Lipinski definition) is 1. The number of carbonyl (C=O) groups excluding carboxylic acids is 1. The van der Waals surface area contributed by atoms with Crippen molar-refractivity contribution in [2.45, 2.75) is 5.92 Å². The van der Waals surface area contributed by atoms with Crippen LogP contribution in [0.5, 0.6) is 5.75 Å². The van der Waals surface area contributed by atoms with Gasteiger partial charge in [-0.05, 0) is 30.2 Å². The minimum atomic E-state index is -0.544. The largest absolute Gasteiger partial charge is 0.497 e. The van der Waals surface area contributed by atoms with Gasteiger partial charge in [-0.2, -0.15) is 0 Å². The molecule has 0 unspecified atom stereocenters. The van der Waals surface area contributed by atoms with Crippen LogP contribution in [0.25, 0.3) is 0 Å². The normalized spacial score (nSPS) is 18.7. The summed E-state index contributed by atoms with van der Waals surface area (Å²) in [4.78, 5) is 25.4. The standard InChI is InChI=1S/C19H21N3O4.ClH/c1-26-15-7-8-18(22(24)25)16(9-15)19(23)21-11-14(10-20)17(12-21)13-5-3-2-4-6-13;/h2-9,14,17H,10-12,20H2,1H3;1H/t14-,17+;/m1./s1. The quantitative estimate of drug-likeness (QED) is 0.624. The van der Waals surface area contributed by atoms with Crippen molar-refractivity contribution in [1.29, 1.82) is 0 Å². The predicted molar refractivity (Wildman–Crippen MR) is 105 cm³/mol. The van der Waals surface area contributed by atoms with Crippen LogP contribution in [0.1, 0.15) is 21.8 Å². The Kier molecular flexibility index (Phi) is 6.76. The van der Waals surface area contributed by atoms with Crippen molar-refractivity contribution in [2.24, 2.45) is 11.7 Å². The van der Waals surface area contributed by atoms with E-state index < -0.39 is 4.92 Å². The summed E-state index contributed by atoms with van der Waals surface area (Å²) in [5.74, 6) is 0.279. The Bertz CT molecular complexity index is 816. The van der Waals surface area contributed by atoms with Crippen molar-refractivity contribution in [3.63, 3.8) is 0 Å². The lowest BCUT2D eigenvalue weighted by molar-refractivity contribution is -0.385. The highest BCUT2D eigenvalue weighted by molar-refractivity contribution is 5.98. The zero-order chi connectivity index (χ0) is 18.7. The van der Waals surface area contributed by atoms with Crippen molar-refractivity contribution in [3.8, 4) is 5.75 Å². The van der Waals surface area contributed by atoms with Gasteiger partial charge in [-0.1, -0.05) is 30.3 Å². The fourth-order valence-corrected chi connectivity index (χ4v) is 3.50. The van der Waals surface area contributed by atoms with Gasteiger partial charge in [0.05, 0.1) is 12.0 Å². The van der Waals surface area contributed by atoms with Gasteiger partial charge in [0.1, 0.15) is 11.3 Å². The molecule has 0 aromatic heterocycles. The number of ether oxygens (including phenoxy) is 1. The number of likely N-dealkylation sites (tertiary alicyclic amines) is 1. The maximum absolute atomic E-state index is 13.0. The molecule has 1 saturated heterocycles. The Hall–Kier alpha value is -2.64. The molecular weight excluding hydrogens is 370 g/mol. The van der Waals surface area contributed by atoms with Crippen LogP contribution in [-0.4, -0.2) is 42.5 Å². The van der Waals surface area contributed by atoms with E-state index in [-0.39, 0.29) is 41.4 Å². The van der Waals surface area contributed by atoms with Gasteiger partial charge < -0.3 is 15.4 Å². The summed E-state index contributed by atoms with van der Waals surface area (Å²) in [6, 6.07) is 14.1. The molecule has 2 atom stereocenters. The monoisotopic (exact) mass is 391 g/mol. The fourth-order valence-electron chi connectivity index (χ4n) is 3.50. The minimum absolute atomic E-state index is 0. The second-order valence-corrected chi connectivity index (χ2v) is 6.36. The third-order valence-electron chi connectivity index (χ3n) is 4.89. The molecule has 2 N–H and O–H groups in total. The zero-order valence-electron chi connectivity index (χ0n) is 14.9. The van der Waals surface area contributed by atoms with Crippen LogP contribution in [0.2, 0.25) is 0 Å². The Morgan fingerprint density at radius 2 is 1.96 bits per heavy atom. The molecule has 1 fully saturated rings. The number of methoxy groups -OCH3 is 1. The number of benzene rings is 2. The summed E-state index contributed by atoms with van der Waals surface area (Å²) < 4.78 is 5.12. The smallest absolute Gasteiger partial charge is 0.282 e. The summed E-state index contributed by atoms with van der Waals surface area (Å²) in [5.41, 5.74) is 6.87. The molecule has 1 aliphatic heterocycles. The van der Waals surface area contributed by atoms with Gasteiger partial charge >= 0.3 is 0 Å². The molecule has 0 saturated carbocycles. The highest BCUT2D eigenvalue weighted by Gasteiger charge is 2.37. The molecule has 7 nitrogen and oxygen atoms in total. The summed E-state index contributed by atoms with van der Waals surface area (Å²) >= 11 is 0. The predicted octanol–water partition coefficient (Wildman–Crippen LogP) is 2.84. The SMILES string of the molecule is COc1ccc([N+](=O)[O-])c(C(=O)N2C[C@@H](CN)[C@H](c3ccccc3)C2)c1.Cl. The average Bonchev–Trinajstić information content (AvgIpc) is 3.12. The Labute approximate surface area is 163 Å². The first-order valence-electron chi connectivity index (χ1n) is 8.42. The molecule has 0 spiro atoms. The summed E-state index contributed by atoms with van der Waals surface area (Å²) in [6.45, 7) is 1.41. The molecular formula is C19H22ClN3O4. The summed E-state index contributed by atoms with van der Waals surface area (Å²) in [6.07, 6.45) is 0. The molecule has 1 aliphatic rings. The van der Waals surface area contributed by atoms with Crippen molar-refractivity contribution in [3.05, 3.63) is 69.8 Å². The zero-order valence-corrected chi connectivity index (χ0v) is 15.7. The topological polar surface area (TPSA) is 98.7 Å². The molecule has 144 valence electrons. The Morgan fingerprint density at radius 3 is 2.56 bits per heavy atom. The average molecular weight is 392 g/mol. The van der Waals surface area contributed by atoms with Crippen molar-refractivity contribution < 1.29 is 14.5 Å². The minimum Gasteiger partial charge on any atom is -0.497 e. The van der Waals surface area contributed by atoms with Crippen LogP contribution in [0.3, 0.4) is 0 Å². The molecule has 1 amide bonds. The summed E-state index contributed by atoms with van der Waals surface area (Å²) in [7, 11) is 1.46. The first kappa shape index (κ1) is 20.7. The lowest BCUT2D eigenvalue weighted by Gasteiger charge is -2.17. The van der Waals surface area contributed by atoms with Gasteiger partial charge in [0, 0.05) is 25.1 Å². The lowest BCUT2D eigenvalue weighted by atomic mass is 9.89. The molecule has 2 aromatic rings. The maximum Gasteiger partial charge on any atom is 0.282 e. The number of nitrogens with two attached hydrogens (primary N) is 1. The fraction of sp³-hybridized carbons (Fsp3) is 0.316. The molecule has 0 radical (unpaired) electrons. The van der Waals surface area contributed by atoms with E-state index in [2.05, 4.69) is 0 Å². The number of rotatable bonds is 5. The number of carbonyl (C=O) groups is 1. The van der Waals surface area contributed by atoms with Crippen LogP contribution in [-0.2, 0) is 0 Å². The summed E-state index contributed by atoms with van der Waals surface area (Å²) in [5, 5.41) is 11.3. The first-order chi connectivity index (χ1) is 12.5. The van der Waals surface area contributed by atoms with E-state index in [0.29, 0.717) is 25.4 Å². The molecule has 3 rings (SSSR count). The van der Waals surface area contributed by atoms with Gasteiger partial charge in [-0.3, -0.25) is 14.9 Å². The third-order valence-corrected chi connectivity index (χ3v) is 4.89. The second-order valence-electron chi connectivity index (χ2n) is 6.36. The van der Waals surface area contributed by atoms with Gasteiger partial charge in [-0.15, -0.1) is 12.4 Å². The Balaban J connectivity index is 0.00000261. The number of hydrogen-bond acceptors (Lipinski definition) is 5. The molecule has 27 heavy (non-hydrogen) atoms. The van der Waals surface area contributed by atoms with Crippen molar-refractivity contribution >= 4 is 24.0 Å². The number of nitro benzene ring substituents is 1. The molecule has 0 bridgehead atoms. The van der Waals surface area contributed by atoms with Crippen LogP contribution in [0, 0.1) is 16.0 Å². The van der Waals surface area contributed by atoms with Gasteiger partial charge in [0.15, 0.2) is 0 Å². The van der Waals surface area contributed by atoms with Gasteiger partial charge in [-0.25, -0.2) is 0 Å². The van der Waals surface area contributed by atoms with E-state index in [9.17, 15) is 14.9 Å². The van der Waals surface area contributed by atoms with E-state index in [0.717, 1.165) is 5.56 Å². The molecule has 0 aliphatic carbocycles. The van der Waals surface area contributed by atoms with E-state index in [1.807, 2.05) is 30.3 Å². The molecule has 8 heteroatoms. The van der Waals surface area contributed by atoms with E-state index in [4.69, 9.17) is 10.5 Å². The van der Waals surface area contributed by atoms with Crippen molar-refractivity contribution in [1.82, 2.24) is 4.90 Å². The van der Waals surface area contributed by atoms with Gasteiger partial charge in [0.2, 0.25) is 0 Å². The number of halogens is 1. The Morgan fingerprint density at radius 1 is 1.26 bits per heavy atom. The third kappa shape index (κ3) is 4.20. The first-order valence-corrected chi connectivity index (χ1v) is 8.42. The van der Waals surface area contributed by atoms with E-state index in [1.165, 1.54) is 25.3 Å². The molecule has 1 heterocycles. The molecule has 2 aromatic carbocycles. The van der Waals surface area contributed by atoms with Crippen LogP contribution in [0.15, 0.2) is 48.5 Å². The highest BCUT2D eigenvalue weighted by Crippen LogP contribution is 2.34. The number of nitrogens with zero attached hydrogens (tertiary/aromatic N) is 2. The van der Waals surface area contributed by atoms with Gasteiger partial charge in [0.25, 0.3) is 11.6 Å². The van der Waals surface area contributed by atoms with E-state index in [1.54, 1.807) is 4.90 Å².